The predicted octanol–water partition coefficient (Wildman–Crippen LogP) is 21.8. The minimum atomic E-state index is -4.96. The van der Waals surface area contributed by atoms with Gasteiger partial charge >= 0.3 is 39.5 Å². The summed E-state index contributed by atoms with van der Waals surface area (Å²) in [4.78, 5) is 72.7. The maximum absolute atomic E-state index is 13.1. The first-order valence-corrected chi connectivity index (χ1v) is 41.9. The number of ether oxygens (including phenoxy) is 4. The molecule has 0 aliphatic rings. The zero-order chi connectivity index (χ0) is 69.4. The molecule has 7 atom stereocenters. The molecule has 0 saturated carbocycles. The zero-order valence-electron chi connectivity index (χ0n) is 61.4. The van der Waals surface area contributed by atoms with E-state index in [-0.39, 0.29) is 25.7 Å². The number of hydrogen-bond acceptors (Lipinski definition) is 15. The summed E-state index contributed by atoms with van der Waals surface area (Å²) in [6.07, 6.45) is 51.6. The summed E-state index contributed by atoms with van der Waals surface area (Å²) in [6, 6.07) is 0. The molecule has 4 unspecified atom stereocenters. The van der Waals surface area contributed by atoms with Crippen molar-refractivity contribution in [3.63, 3.8) is 0 Å². The summed E-state index contributed by atoms with van der Waals surface area (Å²) in [6.45, 7) is 11.8. The van der Waals surface area contributed by atoms with Crippen molar-refractivity contribution in [2.24, 2.45) is 17.8 Å². The smallest absolute Gasteiger partial charge is 0.462 e. The Morgan fingerprint density at radius 2 is 0.543 bits per heavy atom. The molecule has 0 rings (SSSR count). The first kappa shape index (κ1) is 92.1. The van der Waals surface area contributed by atoms with Gasteiger partial charge in [-0.1, -0.05) is 331 Å². The maximum Gasteiger partial charge on any atom is 0.472 e. The lowest BCUT2D eigenvalue weighted by atomic mass is 9.99. The fraction of sp³-hybridized carbons (Fsp3) is 0.947. The van der Waals surface area contributed by atoms with Crippen LogP contribution in [0.3, 0.4) is 0 Å². The van der Waals surface area contributed by atoms with Crippen LogP contribution in [0, 0.1) is 17.8 Å². The second kappa shape index (κ2) is 65.7. The highest BCUT2D eigenvalue weighted by Crippen LogP contribution is 2.45. The molecular weight excluding hydrogens is 1230 g/mol. The van der Waals surface area contributed by atoms with Crippen molar-refractivity contribution in [1.82, 2.24) is 0 Å². The van der Waals surface area contributed by atoms with E-state index in [0.29, 0.717) is 31.6 Å². The van der Waals surface area contributed by atoms with Gasteiger partial charge < -0.3 is 33.8 Å². The zero-order valence-corrected chi connectivity index (χ0v) is 63.2. The van der Waals surface area contributed by atoms with Crippen molar-refractivity contribution >= 4 is 39.5 Å². The van der Waals surface area contributed by atoms with E-state index in [9.17, 15) is 43.2 Å². The summed E-state index contributed by atoms with van der Waals surface area (Å²) in [5, 5.41) is 10.6. The van der Waals surface area contributed by atoms with Gasteiger partial charge in [0.25, 0.3) is 0 Å². The van der Waals surface area contributed by atoms with Gasteiger partial charge in [-0.2, -0.15) is 0 Å². The lowest BCUT2D eigenvalue weighted by Crippen LogP contribution is -2.30. The number of unbranched alkanes of at least 4 members (excludes halogenated alkanes) is 39. The Bertz CT molecular complexity index is 1840. The van der Waals surface area contributed by atoms with Crippen molar-refractivity contribution in [2.45, 2.75) is 401 Å². The van der Waals surface area contributed by atoms with Crippen LogP contribution in [0.5, 0.6) is 0 Å². The number of aliphatic hydroxyl groups is 1. The molecule has 0 aromatic rings. The quantitative estimate of drug-likeness (QED) is 0.0222. The van der Waals surface area contributed by atoms with Crippen LogP contribution in [0.4, 0.5) is 0 Å². The average Bonchev–Trinajstić information content (AvgIpc) is 1.74. The topological polar surface area (TPSA) is 237 Å². The summed E-state index contributed by atoms with van der Waals surface area (Å²) in [5.74, 6) is 0.101. The number of carbonyl (C=O) groups excluding carboxylic acids is 4. The molecule has 0 aliphatic carbocycles. The second-order valence-electron chi connectivity index (χ2n) is 28.0. The maximum atomic E-state index is 13.1. The molecule has 0 saturated heterocycles. The number of carbonyl (C=O) groups is 4. The molecule has 0 aromatic carbocycles. The molecular formula is C75H146O17P2. The molecule has 0 radical (unpaired) electrons. The van der Waals surface area contributed by atoms with Crippen molar-refractivity contribution < 1.29 is 80.2 Å². The van der Waals surface area contributed by atoms with Crippen LogP contribution in [-0.4, -0.2) is 96.7 Å². The molecule has 0 fully saturated rings. The van der Waals surface area contributed by atoms with Gasteiger partial charge in [-0.3, -0.25) is 37.3 Å². The van der Waals surface area contributed by atoms with E-state index in [1.807, 2.05) is 0 Å². The van der Waals surface area contributed by atoms with E-state index in [1.165, 1.54) is 186 Å². The lowest BCUT2D eigenvalue weighted by Gasteiger charge is -2.21. The molecule has 0 amide bonds. The fourth-order valence-electron chi connectivity index (χ4n) is 11.4. The number of esters is 4. The molecule has 0 bridgehead atoms. The monoisotopic (exact) mass is 1380 g/mol. The summed E-state index contributed by atoms with van der Waals surface area (Å²) >= 11 is 0. The van der Waals surface area contributed by atoms with E-state index in [0.717, 1.165) is 108 Å². The molecule has 19 heteroatoms. The van der Waals surface area contributed by atoms with Crippen LogP contribution in [-0.2, 0) is 65.4 Å². The molecule has 0 spiro atoms. The molecule has 0 aliphatic heterocycles. The van der Waals surface area contributed by atoms with Gasteiger partial charge in [-0.05, 0) is 43.4 Å². The van der Waals surface area contributed by atoms with Crippen LogP contribution >= 0.6 is 15.6 Å². The van der Waals surface area contributed by atoms with Crippen molar-refractivity contribution in [2.75, 3.05) is 39.6 Å². The van der Waals surface area contributed by atoms with E-state index in [1.54, 1.807) is 0 Å². The number of aliphatic hydroxyl groups excluding tert-OH is 1. The summed E-state index contributed by atoms with van der Waals surface area (Å²) < 4.78 is 68.4. The fourth-order valence-corrected chi connectivity index (χ4v) is 12.9. The van der Waals surface area contributed by atoms with Crippen LogP contribution in [0.2, 0.25) is 0 Å². The van der Waals surface area contributed by atoms with Gasteiger partial charge in [0.2, 0.25) is 0 Å². The number of phosphoric ester groups is 2. The molecule has 0 heterocycles. The Morgan fingerprint density at radius 3 is 0.809 bits per heavy atom. The molecule has 94 heavy (non-hydrogen) atoms. The second-order valence-corrected chi connectivity index (χ2v) is 30.9. The van der Waals surface area contributed by atoms with Crippen LogP contribution in [0.25, 0.3) is 0 Å². The van der Waals surface area contributed by atoms with Gasteiger partial charge in [-0.15, -0.1) is 0 Å². The van der Waals surface area contributed by atoms with Gasteiger partial charge in [0.15, 0.2) is 12.2 Å². The SMILES string of the molecule is CCCCCCCCCCCCCCCCCCCCCCCC(=O)O[C@H](COC(=O)CCCCCCCCCCC(C)CC)COP(=O)(O)OC[C@@H](O)COP(=O)(O)OC[C@@H](COC(=O)CCCCCCCCC(C)C)OC(=O)CCCCCCCCCCC(C)CC. The average molecular weight is 1380 g/mol. The van der Waals surface area contributed by atoms with Gasteiger partial charge in [0.05, 0.1) is 26.4 Å². The van der Waals surface area contributed by atoms with Crippen molar-refractivity contribution in [1.29, 1.82) is 0 Å². The first-order valence-electron chi connectivity index (χ1n) is 38.9. The van der Waals surface area contributed by atoms with Crippen LogP contribution in [0.1, 0.15) is 382 Å². The summed E-state index contributed by atoms with van der Waals surface area (Å²) in [5.41, 5.74) is 0. The Morgan fingerprint density at radius 1 is 0.309 bits per heavy atom. The van der Waals surface area contributed by atoms with Crippen molar-refractivity contribution in [3.05, 3.63) is 0 Å². The number of hydrogen-bond donors (Lipinski definition) is 3. The summed E-state index contributed by atoms with van der Waals surface area (Å²) in [7, 11) is -9.91. The Kier molecular flexibility index (Phi) is 64.3. The van der Waals surface area contributed by atoms with Gasteiger partial charge in [0.1, 0.15) is 19.3 Å². The van der Waals surface area contributed by atoms with Crippen molar-refractivity contribution in [3.8, 4) is 0 Å². The Labute approximate surface area is 575 Å². The highest BCUT2D eigenvalue weighted by Gasteiger charge is 2.30. The Hall–Kier alpha value is -1.94. The predicted molar refractivity (Wildman–Crippen MR) is 381 cm³/mol. The first-order chi connectivity index (χ1) is 45.3. The largest absolute Gasteiger partial charge is 0.472 e. The minimum absolute atomic E-state index is 0.104. The lowest BCUT2D eigenvalue weighted by molar-refractivity contribution is -0.161. The minimum Gasteiger partial charge on any atom is -0.462 e. The highest BCUT2D eigenvalue weighted by molar-refractivity contribution is 7.47. The van der Waals surface area contributed by atoms with Crippen LogP contribution < -0.4 is 0 Å². The molecule has 558 valence electrons. The van der Waals surface area contributed by atoms with E-state index < -0.39 is 97.5 Å². The van der Waals surface area contributed by atoms with E-state index in [2.05, 4.69) is 48.5 Å². The molecule has 17 nitrogen and oxygen atoms in total. The van der Waals surface area contributed by atoms with Gasteiger partial charge in [0, 0.05) is 25.7 Å². The third kappa shape index (κ3) is 66.0. The van der Waals surface area contributed by atoms with Crippen LogP contribution in [0.15, 0.2) is 0 Å². The van der Waals surface area contributed by atoms with E-state index >= 15 is 0 Å². The number of phosphoric acid groups is 2. The molecule has 3 N–H and O–H groups in total. The third-order valence-corrected chi connectivity index (χ3v) is 20.0. The van der Waals surface area contributed by atoms with E-state index in [4.69, 9.17) is 37.0 Å². The number of rotatable bonds is 73. The standard InChI is InChI=1S/C75H146O17P2/c1-8-11-12-13-14-15-16-17-18-19-20-21-22-23-24-25-26-27-35-44-51-58-74(79)91-70(62-85-72(77)56-49-42-34-30-28-32-40-47-54-67(6)9-2)64-89-93(81,82)87-60-69(76)61-88-94(83,84)90-65-71(63-86-73(78)57-50-43-38-37-39-46-53-66(4)5)92-75(80)59-52-45-36-31-29-33-41-48-55-68(7)10-3/h66-71,76H,8-65H2,1-7H3,(H,81,82)(H,83,84)/t67?,68?,69-,70-,71-/m1/s1. The Balaban J connectivity index is 5.19. The molecule has 0 aromatic heterocycles. The third-order valence-electron chi connectivity index (χ3n) is 18.1. The highest BCUT2D eigenvalue weighted by atomic mass is 31.2. The normalized spacial score (nSPS) is 14.7. The van der Waals surface area contributed by atoms with Gasteiger partial charge in [-0.25, -0.2) is 9.13 Å².